The van der Waals surface area contributed by atoms with E-state index in [0.717, 1.165) is 5.69 Å². The van der Waals surface area contributed by atoms with Gasteiger partial charge in [0.2, 0.25) is 11.8 Å². The van der Waals surface area contributed by atoms with Crippen LogP contribution in [0.2, 0.25) is 0 Å². The molecule has 0 aliphatic heterocycles. The van der Waals surface area contributed by atoms with Crippen LogP contribution in [0.15, 0.2) is 6.07 Å². The summed E-state index contributed by atoms with van der Waals surface area (Å²) in [5.41, 5.74) is 0.837. The Morgan fingerprint density at radius 2 is 2.25 bits per heavy atom. The maximum Gasteiger partial charge on any atom is 0.232 e. The number of aromatic nitrogens is 2. The van der Waals surface area contributed by atoms with Crippen LogP contribution >= 0.6 is 12.2 Å². The zero-order valence-electron chi connectivity index (χ0n) is 9.28. The van der Waals surface area contributed by atoms with Gasteiger partial charge >= 0.3 is 0 Å². The molecule has 1 aliphatic rings. The van der Waals surface area contributed by atoms with Gasteiger partial charge in [0, 0.05) is 17.8 Å². The predicted molar refractivity (Wildman–Crippen MR) is 65.7 cm³/mol. The summed E-state index contributed by atoms with van der Waals surface area (Å²) in [4.78, 5) is 8.37. The number of methoxy groups -OCH3 is 1. The van der Waals surface area contributed by atoms with E-state index in [9.17, 15) is 0 Å². The Balaban J connectivity index is 2.01. The normalized spacial score (nSPS) is 14.4. The van der Waals surface area contributed by atoms with Crippen LogP contribution in [0.1, 0.15) is 18.5 Å². The van der Waals surface area contributed by atoms with E-state index in [1.54, 1.807) is 13.2 Å². The second kappa shape index (κ2) is 4.61. The molecule has 1 aliphatic carbocycles. The molecule has 2 N–H and O–H groups in total. The van der Waals surface area contributed by atoms with E-state index in [-0.39, 0.29) is 0 Å². The summed E-state index contributed by atoms with van der Waals surface area (Å²) in [6.45, 7) is 1.88. The minimum Gasteiger partial charge on any atom is -0.481 e. The van der Waals surface area contributed by atoms with Crippen molar-refractivity contribution in [3.8, 4) is 5.88 Å². The molecule has 86 valence electrons. The lowest BCUT2D eigenvalue weighted by Crippen LogP contribution is -2.30. The van der Waals surface area contributed by atoms with Gasteiger partial charge in [-0.05, 0) is 32.0 Å². The molecule has 5 nitrogen and oxygen atoms in total. The second-order valence-electron chi connectivity index (χ2n) is 3.75. The van der Waals surface area contributed by atoms with Crippen LogP contribution < -0.4 is 15.4 Å². The minimum absolute atomic E-state index is 0.468. The summed E-state index contributed by atoms with van der Waals surface area (Å²) < 4.78 is 5.06. The fourth-order valence-electron chi connectivity index (χ4n) is 1.25. The number of rotatable bonds is 3. The van der Waals surface area contributed by atoms with Crippen LogP contribution in [0.25, 0.3) is 0 Å². The van der Waals surface area contributed by atoms with E-state index in [2.05, 4.69) is 20.6 Å². The van der Waals surface area contributed by atoms with E-state index in [4.69, 9.17) is 17.0 Å². The summed E-state index contributed by atoms with van der Waals surface area (Å²) in [7, 11) is 1.58. The first kappa shape index (κ1) is 11.1. The smallest absolute Gasteiger partial charge is 0.232 e. The molecule has 1 fully saturated rings. The molecule has 1 heterocycles. The highest BCUT2D eigenvalue weighted by Crippen LogP contribution is 2.18. The molecule has 0 amide bonds. The van der Waals surface area contributed by atoms with Gasteiger partial charge < -0.3 is 15.4 Å². The third-order valence-corrected chi connectivity index (χ3v) is 2.40. The van der Waals surface area contributed by atoms with Gasteiger partial charge in [-0.15, -0.1) is 0 Å². The number of nitrogens with zero attached hydrogens (tertiary/aromatic N) is 2. The van der Waals surface area contributed by atoms with Crippen molar-refractivity contribution in [1.82, 2.24) is 15.3 Å². The van der Waals surface area contributed by atoms with Crippen molar-refractivity contribution in [1.29, 1.82) is 0 Å². The number of hydrogen-bond donors (Lipinski definition) is 2. The van der Waals surface area contributed by atoms with Crippen LogP contribution in [0.4, 0.5) is 5.95 Å². The minimum atomic E-state index is 0.468. The first-order chi connectivity index (χ1) is 7.67. The molecule has 0 spiro atoms. The molecule has 0 unspecified atom stereocenters. The Kier molecular flexibility index (Phi) is 3.19. The van der Waals surface area contributed by atoms with Gasteiger partial charge in [-0.1, -0.05) is 0 Å². The quantitative estimate of drug-likeness (QED) is 0.773. The van der Waals surface area contributed by atoms with Crippen molar-refractivity contribution in [2.45, 2.75) is 25.8 Å². The summed E-state index contributed by atoms with van der Waals surface area (Å²) in [5, 5.41) is 6.67. The van der Waals surface area contributed by atoms with Crippen molar-refractivity contribution < 1.29 is 4.74 Å². The monoisotopic (exact) mass is 238 g/mol. The van der Waals surface area contributed by atoms with Gasteiger partial charge in [0.1, 0.15) is 0 Å². The molecular formula is C10H14N4OS. The maximum atomic E-state index is 5.13. The number of thiocarbonyl (C=S) groups is 1. The van der Waals surface area contributed by atoms with Crippen molar-refractivity contribution in [2.75, 3.05) is 12.4 Å². The summed E-state index contributed by atoms with van der Waals surface area (Å²) in [6, 6.07) is 2.29. The maximum absolute atomic E-state index is 5.13. The zero-order valence-corrected chi connectivity index (χ0v) is 10.1. The van der Waals surface area contributed by atoms with Crippen LogP contribution in [0, 0.1) is 6.92 Å². The fourth-order valence-corrected chi connectivity index (χ4v) is 1.51. The largest absolute Gasteiger partial charge is 0.481 e. The summed E-state index contributed by atoms with van der Waals surface area (Å²) in [5.74, 6) is 0.999. The van der Waals surface area contributed by atoms with E-state index < -0.39 is 0 Å². The number of anilines is 1. The average Bonchev–Trinajstić information content (AvgIpc) is 3.00. The highest BCUT2D eigenvalue weighted by atomic mass is 32.1. The Morgan fingerprint density at radius 1 is 1.50 bits per heavy atom. The van der Waals surface area contributed by atoms with Crippen molar-refractivity contribution in [3.05, 3.63) is 11.8 Å². The topological polar surface area (TPSA) is 59.1 Å². The molecule has 16 heavy (non-hydrogen) atoms. The van der Waals surface area contributed by atoms with Gasteiger partial charge in [0.15, 0.2) is 5.11 Å². The lowest BCUT2D eigenvalue weighted by Gasteiger charge is -2.09. The molecular weight excluding hydrogens is 224 g/mol. The molecule has 2 rings (SSSR count). The molecule has 0 aromatic carbocycles. The van der Waals surface area contributed by atoms with Crippen LogP contribution in [-0.4, -0.2) is 28.2 Å². The van der Waals surface area contributed by atoms with Crippen molar-refractivity contribution in [2.24, 2.45) is 0 Å². The molecule has 0 saturated heterocycles. The third-order valence-electron chi connectivity index (χ3n) is 2.18. The summed E-state index contributed by atoms with van der Waals surface area (Å²) >= 11 is 5.13. The first-order valence-electron chi connectivity index (χ1n) is 5.14. The highest BCUT2D eigenvalue weighted by molar-refractivity contribution is 7.80. The molecule has 0 bridgehead atoms. The average molecular weight is 238 g/mol. The molecule has 1 aromatic heterocycles. The van der Waals surface area contributed by atoms with Crippen molar-refractivity contribution >= 4 is 23.3 Å². The first-order valence-corrected chi connectivity index (χ1v) is 5.55. The third kappa shape index (κ3) is 3.03. The Morgan fingerprint density at radius 3 is 2.88 bits per heavy atom. The van der Waals surface area contributed by atoms with Crippen LogP contribution in [0.3, 0.4) is 0 Å². The molecule has 6 heteroatoms. The number of hydrogen-bond acceptors (Lipinski definition) is 4. The SMILES string of the molecule is COc1cc(C)nc(NC(=S)NC2CC2)n1. The Bertz CT molecular complexity index is 406. The molecule has 1 saturated carbocycles. The zero-order chi connectivity index (χ0) is 11.5. The molecule has 0 atom stereocenters. The van der Waals surface area contributed by atoms with Gasteiger partial charge in [0.05, 0.1) is 7.11 Å². The van der Waals surface area contributed by atoms with E-state index >= 15 is 0 Å². The standard InChI is InChI=1S/C10H14N4OS/c1-6-5-8(15-2)13-9(11-6)14-10(16)12-7-3-4-7/h5,7H,3-4H2,1-2H3,(H2,11,12,13,14,16). The van der Waals surface area contributed by atoms with Gasteiger partial charge in [-0.3, -0.25) is 0 Å². The highest BCUT2D eigenvalue weighted by Gasteiger charge is 2.22. The van der Waals surface area contributed by atoms with Crippen LogP contribution in [0.5, 0.6) is 5.88 Å². The van der Waals surface area contributed by atoms with Gasteiger partial charge in [-0.2, -0.15) is 4.98 Å². The second-order valence-corrected chi connectivity index (χ2v) is 4.16. The van der Waals surface area contributed by atoms with Gasteiger partial charge in [-0.25, -0.2) is 4.98 Å². The van der Waals surface area contributed by atoms with E-state index in [0.29, 0.717) is 23.0 Å². The fraction of sp³-hybridized carbons (Fsp3) is 0.500. The number of nitrogens with one attached hydrogen (secondary N) is 2. The van der Waals surface area contributed by atoms with Gasteiger partial charge in [0.25, 0.3) is 0 Å². The van der Waals surface area contributed by atoms with Crippen LogP contribution in [-0.2, 0) is 0 Å². The lowest BCUT2D eigenvalue weighted by atomic mass is 10.4. The van der Waals surface area contributed by atoms with E-state index in [1.807, 2.05) is 6.92 Å². The lowest BCUT2D eigenvalue weighted by molar-refractivity contribution is 0.397. The Labute approximate surface area is 99.6 Å². The van der Waals surface area contributed by atoms with E-state index in [1.165, 1.54) is 12.8 Å². The predicted octanol–water partition coefficient (Wildman–Crippen LogP) is 1.24. The number of aryl methyl sites for hydroxylation is 1. The summed E-state index contributed by atoms with van der Waals surface area (Å²) in [6.07, 6.45) is 2.36. The van der Waals surface area contributed by atoms with Crippen molar-refractivity contribution in [3.63, 3.8) is 0 Å². The number of ether oxygens (including phenoxy) is 1. The molecule has 0 radical (unpaired) electrons. The Hall–Kier alpha value is -1.43. The molecule has 1 aromatic rings.